The molecule has 2 amide bonds. The molecule has 0 radical (unpaired) electrons. The van der Waals surface area contributed by atoms with Gasteiger partial charge in [-0.2, -0.15) is 9.40 Å². The quantitative estimate of drug-likeness (QED) is 0.228. The van der Waals surface area contributed by atoms with Gasteiger partial charge in [0.25, 0.3) is 0 Å². The van der Waals surface area contributed by atoms with Gasteiger partial charge >= 0.3 is 6.03 Å². The molecule has 0 aliphatic carbocycles. The summed E-state index contributed by atoms with van der Waals surface area (Å²) < 4.78 is 34.6. The van der Waals surface area contributed by atoms with E-state index in [9.17, 15) is 13.2 Å². The fourth-order valence-electron chi connectivity index (χ4n) is 5.31. The largest absolute Gasteiger partial charge is 0.497 e. The van der Waals surface area contributed by atoms with Gasteiger partial charge in [0.05, 0.1) is 23.4 Å². The van der Waals surface area contributed by atoms with E-state index in [4.69, 9.17) is 9.84 Å². The van der Waals surface area contributed by atoms with Crippen LogP contribution in [-0.4, -0.2) is 48.7 Å². The lowest BCUT2D eigenvalue weighted by Crippen LogP contribution is -2.38. The number of carbonyl (C=O) groups is 1. The molecule has 0 unspecified atom stereocenters. The van der Waals surface area contributed by atoms with Gasteiger partial charge in [0.15, 0.2) is 0 Å². The van der Waals surface area contributed by atoms with E-state index in [0.717, 1.165) is 41.8 Å². The van der Waals surface area contributed by atoms with Crippen LogP contribution in [0.15, 0.2) is 83.8 Å². The summed E-state index contributed by atoms with van der Waals surface area (Å²) in [6.07, 6.45) is 2.44. The van der Waals surface area contributed by atoms with E-state index in [1.807, 2.05) is 61.5 Å². The molecule has 0 spiro atoms. The van der Waals surface area contributed by atoms with Crippen LogP contribution in [0.1, 0.15) is 50.4 Å². The number of urea groups is 1. The van der Waals surface area contributed by atoms with Gasteiger partial charge in [-0.3, -0.25) is 5.32 Å². The van der Waals surface area contributed by atoms with Gasteiger partial charge < -0.3 is 10.1 Å². The Bertz CT molecular complexity index is 1680. The highest BCUT2D eigenvalue weighted by atomic mass is 32.2. The molecule has 2 heterocycles. The van der Waals surface area contributed by atoms with Crippen LogP contribution in [0.3, 0.4) is 0 Å². The predicted molar refractivity (Wildman–Crippen MR) is 174 cm³/mol. The number of rotatable bonds is 8. The van der Waals surface area contributed by atoms with E-state index in [0.29, 0.717) is 36.3 Å². The SMILES string of the molecule is COc1ccc(S(=O)(=O)N2CCC(Cc3ccc(NC(=O)Nc4cc(C(C)(C)C)nn4-c4ccc(C)cc4)cc3)CC2)cc1. The number of anilines is 2. The van der Waals surface area contributed by atoms with E-state index < -0.39 is 10.0 Å². The summed E-state index contributed by atoms with van der Waals surface area (Å²) in [5.74, 6) is 1.61. The number of piperidine rings is 1. The van der Waals surface area contributed by atoms with Crippen LogP contribution < -0.4 is 15.4 Å². The summed E-state index contributed by atoms with van der Waals surface area (Å²) in [4.78, 5) is 13.3. The average molecular weight is 616 g/mol. The molecule has 1 aliphatic rings. The van der Waals surface area contributed by atoms with Crippen molar-refractivity contribution in [3.05, 3.63) is 95.7 Å². The molecule has 2 N–H and O–H groups in total. The third-order valence-corrected chi connectivity index (χ3v) is 9.92. The molecule has 5 rings (SSSR count). The van der Waals surface area contributed by atoms with Crippen LogP contribution in [0, 0.1) is 12.8 Å². The summed E-state index contributed by atoms with van der Waals surface area (Å²) in [6.45, 7) is 9.30. The van der Waals surface area contributed by atoms with Gasteiger partial charge in [0.2, 0.25) is 10.0 Å². The summed E-state index contributed by atoms with van der Waals surface area (Å²) in [6, 6.07) is 23.9. The Kier molecular flexibility index (Phi) is 9.12. The topological polar surface area (TPSA) is 106 Å². The summed E-state index contributed by atoms with van der Waals surface area (Å²) >= 11 is 0. The highest BCUT2D eigenvalue weighted by Gasteiger charge is 2.29. The highest BCUT2D eigenvalue weighted by molar-refractivity contribution is 7.89. The number of nitrogens with one attached hydrogen (secondary N) is 2. The Morgan fingerprint density at radius 1 is 0.932 bits per heavy atom. The molecule has 1 saturated heterocycles. The van der Waals surface area contributed by atoms with Crippen LogP contribution in [0.2, 0.25) is 0 Å². The Morgan fingerprint density at radius 3 is 2.16 bits per heavy atom. The number of aryl methyl sites for hydroxylation is 1. The molecule has 1 aromatic heterocycles. The van der Waals surface area contributed by atoms with E-state index in [1.54, 1.807) is 40.4 Å². The maximum Gasteiger partial charge on any atom is 0.324 e. The summed E-state index contributed by atoms with van der Waals surface area (Å²) in [5, 5.41) is 10.7. The lowest BCUT2D eigenvalue weighted by Gasteiger charge is -2.31. The minimum absolute atomic E-state index is 0.180. The van der Waals surface area contributed by atoms with Crippen molar-refractivity contribution < 1.29 is 17.9 Å². The molecule has 1 aliphatic heterocycles. The monoisotopic (exact) mass is 615 g/mol. The Hall–Kier alpha value is -4.15. The van der Waals surface area contributed by atoms with Crippen molar-refractivity contribution >= 4 is 27.6 Å². The molecular weight excluding hydrogens is 574 g/mol. The van der Waals surface area contributed by atoms with Crippen molar-refractivity contribution in [1.82, 2.24) is 14.1 Å². The number of hydrogen-bond acceptors (Lipinski definition) is 5. The number of ether oxygens (including phenoxy) is 1. The van der Waals surface area contributed by atoms with Crippen LogP contribution in [-0.2, 0) is 21.9 Å². The normalized spacial score (nSPS) is 14.8. The molecule has 44 heavy (non-hydrogen) atoms. The third-order valence-electron chi connectivity index (χ3n) is 8.00. The number of hydrogen-bond donors (Lipinski definition) is 2. The Balaban J connectivity index is 1.16. The van der Waals surface area contributed by atoms with Crippen LogP contribution in [0.5, 0.6) is 5.75 Å². The standard InChI is InChI=1S/C34H41N5O4S/c1-24-6-12-28(13-7-24)39-32(23-31(37-39)34(2,3)4)36-33(40)35-27-10-8-25(9-11-27)22-26-18-20-38(21-19-26)44(41,42)30-16-14-29(43-5)15-17-30/h6-17,23,26H,18-22H2,1-5H3,(H2,35,36,40). The zero-order valence-electron chi connectivity index (χ0n) is 26.0. The second kappa shape index (κ2) is 12.8. The van der Waals surface area contributed by atoms with Gasteiger partial charge in [-0.05, 0) is 86.2 Å². The maximum atomic E-state index is 13.1. The lowest BCUT2D eigenvalue weighted by atomic mass is 9.91. The number of nitrogens with zero attached hydrogens (tertiary/aromatic N) is 3. The third kappa shape index (κ3) is 7.31. The summed E-state index contributed by atoms with van der Waals surface area (Å²) in [5.41, 5.74) is 4.55. The smallest absolute Gasteiger partial charge is 0.324 e. The minimum Gasteiger partial charge on any atom is -0.497 e. The molecule has 10 heteroatoms. The van der Waals surface area contributed by atoms with Crippen molar-refractivity contribution in [2.75, 3.05) is 30.8 Å². The number of sulfonamides is 1. The van der Waals surface area contributed by atoms with E-state index >= 15 is 0 Å². The van der Waals surface area contributed by atoms with Gasteiger partial charge in [-0.25, -0.2) is 17.9 Å². The highest BCUT2D eigenvalue weighted by Crippen LogP contribution is 2.29. The van der Waals surface area contributed by atoms with Crippen LogP contribution in [0.25, 0.3) is 5.69 Å². The molecule has 0 bridgehead atoms. The first-order chi connectivity index (χ1) is 20.9. The van der Waals surface area contributed by atoms with Crippen molar-refractivity contribution in [2.24, 2.45) is 5.92 Å². The van der Waals surface area contributed by atoms with Gasteiger partial charge in [-0.1, -0.05) is 50.6 Å². The molecular formula is C34H41N5O4S. The molecule has 0 atom stereocenters. The fourth-order valence-corrected chi connectivity index (χ4v) is 6.78. The number of aromatic nitrogens is 2. The molecule has 0 saturated carbocycles. The van der Waals surface area contributed by atoms with Crippen molar-refractivity contribution in [3.63, 3.8) is 0 Å². The minimum atomic E-state index is -3.52. The average Bonchev–Trinajstić information content (AvgIpc) is 3.43. The second-order valence-corrected chi connectivity index (χ2v) is 14.4. The number of methoxy groups -OCH3 is 1. The predicted octanol–water partition coefficient (Wildman–Crippen LogP) is 6.77. The lowest BCUT2D eigenvalue weighted by molar-refractivity contribution is 0.262. The molecule has 1 fully saturated rings. The molecule has 232 valence electrons. The van der Waals surface area contributed by atoms with E-state index in [1.165, 1.54) is 0 Å². The second-order valence-electron chi connectivity index (χ2n) is 12.4. The van der Waals surface area contributed by atoms with Crippen LogP contribution >= 0.6 is 0 Å². The first-order valence-corrected chi connectivity index (χ1v) is 16.3. The molecule has 3 aromatic carbocycles. The first-order valence-electron chi connectivity index (χ1n) is 14.9. The van der Waals surface area contributed by atoms with Crippen molar-refractivity contribution in [1.29, 1.82) is 0 Å². The molecule has 9 nitrogen and oxygen atoms in total. The number of amides is 2. The van der Waals surface area contributed by atoms with Crippen molar-refractivity contribution in [2.45, 2.75) is 57.3 Å². The molecule has 4 aromatic rings. The zero-order chi connectivity index (χ0) is 31.5. The van der Waals surface area contributed by atoms with Gasteiger partial charge in [0, 0.05) is 30.3 Å². The Morgan fingerprint density at radius 2 is 1.57 bits per heavy atom. The summed E-state index contributed by atoms with van der Waals surface area (Å²) in [7, 11) is -1.97. The zero-order valence-corrected chi connectivity index (χ0v) is 26.8. The maximum absolute atomic E-state index is 13.1. The van der Waals surface area contributed by atoms with Crippen LogP contribution in [0.4, 0.5) is 16.3 Å². The first kappa shape index (κ1) is 31.3. The van der Waals surface area contributed by atoms with Gasteiger partial charge in [0.1, 0.15) is 11.6 Å². The number of benzene rings is 3. The van der Waals surface area contributed by atoms with Gasteiger partial charge in [-0.15, -0.1) is 0 Å². The fraction of sp³-hybridized carbons (Fsp3) is 0.353. The Labute approximate surface area is 260 Å². The van der Waals surface area contributed by atoms with E-state index in [2.05, 4.69) is 31.4 Å². The number of carbonyl (C=O) groups excluding carboxylic acids is 1. The van der Waals surface area contributed by atoms with E-state index in [-0.39, 0.29) is 16.3 Å². The van der Waals surface area contributed by atoms with Crippen molar-refractivity contribution in [3.8, 4) is 11.4 Å².